The van der Waals surface area contributed by atoms with Crippen molar-refractivity contribution in [1.82, 2.24) is 0 Å². The second-order valence-corrected chi connectivity index (χ2v) is 12.4. The van der Waals surface area contributed by atoms with E-state index in [1.165, 1.54) is 111 Å². The number of hydrogen-bond donors (Lipinski definition) is 0. The highest BCUT2D eigenvalue weighted by Gasteiger charge is 2.13. The van der Waals surface area contributed by atoms with Gasteiger partial charge in [-0.05, 0) is 91.2 Å². The van der Waals surface area contributed by atoms with Gasteiger partial charge in [-0.2, -0.15) is 0 Å². The lowest BCUT2D eigenvalue weighted by molar-refractivity contribution is 0.301. The Morgan fingerprint density at radius 3 is 1.68 bits per heavy atom. The predicted molar refractivity (Wildman–Crippen MR) is 173 cm³/mol. The third-order valence-electron chi connectivity index (χ3n) is 7.43. The number of fused-ring (bicyclic) bond motifs is 2. The fraction of sp³-hybridized carbons (Fsp3) is 0.588. The Morgan fingerprint density at radius 2 is 1.08 bits per heavy atom. The number of ether oxygens (including phenoxy) is 2. The number of rotatable bonds is 20. The number of unbranched alkanes of at least 4 members (excludes halogenated alkanes) is 14. The molecule has 0 N–H and O–H groups in total. The van der Waals surface area contributed by atoms with Crippen LogP contribution in [0, 0.1) is 0 Å². The van der Waals surface area contributed by atoms with Gasteiger partial charge in [0.25, 0.3) is 0 Å². The van der Waals surface area contributed by atoms with Gasteiger partial charge in [0.15, 0.2) is 0 Å². The minimum absolute atomic E-state index is 0.755. The van der Waals surface area contributed by atoms with Gasteiger partial charge in [0.1, 0.15) is 11.5 Å². The Hall–Kier alpha value is -1.26. The highest BCUT2D eigenvalue weighted by molar-refractivity contribution is 9.11. The summed E-state index contributed by atoms with van der Waals surface area (Å²) in [5.41, 5.74) is 0. The fourth-order valence-corrected chi connectivity index (χ4v) is 6.59. The Labute approximate surface area is 248 Å². The summed E-state index contributed by atoms with van der Waals surface area (Å²) in [5.74, 6) is 1.87. The quantitative estimate of drug-likeness (QED) is 0.0897. The lowest BCUT2D eigenvalue weighted by Crippen LogP contribution is -1.99. The first-order valence-corrected chi connectivity index (χ1v) is 16.8. The lowest BCUT2D eigenvalue weighted by atomic mass is 10.0. The summed E-state index contributed by atoms with van der Waals surface area (Å²) < 4.78 is 14.4. The molecule has 0 radical (unpaired) electrons. The van der Waals surface area contributed by atoms with Gasteiger partial charge in [-0.1, -0.05) is 110 Å². The summed E-state index contributed by atoms with van der Waals surface area (Å²) in [5, 5.41) is 4.79. The Morgan fingerprint density at radius 1 is 0.526 bits per heavy atom. The van der Waals surface area contributed by atoms with Crippen molar-refractivity contribution in [2.45, 2.75) is 117 Å². The molecule has 0 aromatic heterocycles. The van der Waals surface area contributed by atoms with E-state index in [1.54, 1.807) is 0 Å². The zero-order valence-electron chi connectivity index (χ0n) is 23.8. The number of halogens is 2. The van der Waals surface area contributed by atoms with Crippen LogP contribution >= 0.6 is 31.9 Å². The third-order valence-corrected chi connectivity index (χ3v) is 8.80. The highest BCUT2D eigenvalue weighted by atomic mass is 79.9. The molecule has 0 amide bonds. The van der Waals surface area contributed by atoms with Crippen molar-refractivity contribution < 1.29 is 9.47 Å². The van der Waals surface area contributed by atoms with Gasteiger partial charge in [0, 0.05) is 5.39 Å². The van der Waals surface area contributed by atoms with Crippen LogP contribution in [0.2, 0.25) is 0 Å². The van der Waals surface area contributed by atoms with E-state index in [0.29, 0.717) is 0 Å². The van der Waals surface area contributed by atoms with E-state index in [-0.39, 0.29) is 0 Å². The molecule has 0 unspecified atom stereocenters. The molecule has 0 fully saturated rings. The number of benzene rings is 3. The molecular weight excluding hydrogens is 600 g/mol. The molecular formula is C34H48Br2O2. The van der Waals surface area contributed by atoms with Crippen LogP contribution in [0.4, 0.5) is 0 Å². The van der Waals surface area contributed by atoms with Gasteiger partial charge in [-0.3, -0.25) is 0 Å². The van der Waals surface area contributed by atoms with Crippen molar-refractivity contribution >= 4 is 53.4 Å². The van der Waals surface area contributed by atoms with E-state index in [0.717, 1.165) is 46.5 Å². The molecule has 0 aliphatic heterocycles. The van der Waals surface area contributed by atoms with Crippen LogP contribution in [0.1, 0.15) is 117 Å². The van der Waals surface area contributed by atoms with Crippen LogP contribution in [-0.2, 0) is 0 Å². The lowest BCUT2D eigenvalue weighted by Gasteiger charge is -2.14. The summed E-state index contributed by atoms with van der Waals surface area (Å²) >= 11 is 7.60. The third kappa shape index (κ3) is 10.4. The first-order chi connectivity index (χ1) is 18.6. The van der Waals surface area contributed by atoms with Crippen LogP contribution in [0.3, 0.4) is 0 Å². The van der Waals surface area contributed by atoms with Crippen molar-refractivity contribution in [2.24, 2.45) is 0 Å². The maximum absolute atomic E-state index is 6.23. The largest absolute Gasteiger partial charge is 0.494 e. The zero-order chi connectivity index (χ0) is 27.0. The summed E-state index contributed by atoms with van der Waals surface area (Å²) in [6.45, 7) is 6.10. The second kappa shape index (κ2) is 18.2. The van der Waals surface area contributed by atoms with E-state index in [2.05, 4.69) is 82.1 Å². The molecule has 3 rings (SSSR count). The molecule has 2 nitrogen and oxygen atoms in total. The molecule has 3 aromatic carbocycles. The van der Waals surface area contributed by atoms with Gasteiger partial charge in [-0.15, -0.1) is 0 Å². The average Bonchev–Trinajstić information content (AvgIpc) is 2.92. The van der Waals surface area contributed by atoms with Crippen molar-refractivity contribution in [2.75, 3.05) is 13.2 Å². The van der Waals surface area contributed by atoms with E-state index in [4.69, 9.17) is 9.47 Å². The van der Waals surface area contributed by atoms with Gasteiger partial charge in [0.05, 0.1) is 22.2 Å². The molecule has 0 saturated carbocycles. The molecule has 0 aliphatic carbocycles. The van der Waals surface area contributed by atoms with Crippen LogP contribution < -0.4 is 9.47 Å². The second-order valence-electron chi connectivity index (χ2n) is 10.7. The van der Waals surface area contributed by atoms with E-state index >= 15 is 0 Å². The first-order valence-electron chi connectivity index (χ1n) is 15.2. The molecule has 38 heavy (non-hydrogen) atoms. The predicted octanol–water partition coefficient (Wildman–Crippen LogP) is 12.6. The van der Waals surface area contributed by atoms with E-state index < -0.39 is 0 Å². The van der Waals surface area contributed by atoms with Gasteiger partial charge < -0.3 is 9.47 Å². The summed E-state index contributed by atoms with van der Waals surface area (Å²) in [6, 6.07) is 13.1. The van der Waals surface area contributed by atoms with Crippen molar-refractivity contribution in [1.29, 1.82) is 0 Å². The van der Waals surface area contributed by atoms with Gasteiger partial charge in [-0.25, -0.2) is 0 Å². The summed E-state index contributed by atoms with van der Waals surface area (Å²) in [6.07, 6.45) is 21.0. The monoisotopic (exact) mass is 646 g/mol. The fourth-order valence-electron chi connectivity index (χ4n) is 5.09. The van der Waals surface area contributed by atoms with Crippen LogP contribution in [0.15, 0.2) is 45.3 Å². The minimum atomic E-state index is 0.755. The van der Waals surface area contributed by atoms with Crippen molar-refractivity contribution in [3.05, 3.63) is 45.3 Å². The van der Waals surface area contributed by atoms with E-state index in [1.807, 2.05) is 0 Å². The topological polar surface area (TPSA) is 18.5 Å². The van der Waals surface area contributed by atoms with Crippen molar-refractivity contribution in [3.8, 4) is 11.5 Å². The highest BCUT2D eigenvalue weighted by Crippen LogP contribution is 2.41. The maximum atomic E-state index is 6.23. The molecule has 0 spiro atoms. The maximum Gasteiger partial charge on any atom is 0.148 e. The number of hydrogen-bond acceptors (Lipinski definition) is 2. The molecule has 210 valence electrons. The van der Waals surface area contributed by atoms with Gasteiger partial charge in [0.2, 0.25) is 0 Å². The standard InChI is InChI=1S/C34H48Br2O2/c1-3-5-7-9-11-13-15-17-21-37-30-20-19-27-25-31-29(23-28(27)24-30)26-32(35)34(33(31)36)38-22-18-16-14-12-10-8-6-4-2/h19-20,23-26H,3-18,21-22H2,1-2H3. The van der Waals surface area contributed by atoms with Crippen LogP contribution in [0.25, 0.3) is 21.5 Å². The minimum Gasteiger partial charge on any atom is -0.494 e. The van der Waals surface area contributed by atoms with Gasteiger partial charge >= 0.3 is 0 Å². The molecule has 4 heteroatoms. The van der Waals surface area contributed by atoms with Crippen LogP contribution in [-0.4, -0.2) is 13.2 Å². The Kier molecular flexibility index (Phi) is 14.9. The molecule has 0 heterocycles. The summed E-state index contributed by atoms with van der Waals surface area (Å²) in [4.78, 5) is 0. The molecule has 0 aliphatic rings. The normalized spacial score (nSPS) is 11.5. The average molecular weight is 649 g/mol. The molecule has 0 bridgehead atoms. The summed E-state index contributed by atoms with van der Waals surface area (Å²) in [7, 11) is 0. The van der Waals surface area contributed by atoms with Crippen LogP contribution in [0.5, 0.6) is 11.5 Å². The molecule has 0 saturated heterocycles. The smallest absolute Gasteiger partial charge is 0.148 e. The zero-order valence-corrected chi connectivity index (χ0v) is 26.9. The SMILES string of the molecule is CCCCCCCCCCOc1ccc2cc3c(Br)c(OCCCCCCCCCC)c(Br)cc3cc2c1. The molecule has 3 aromatic rings. The Bertz CT molecular complexity index is 1090. The molecule has 0 atom stereocenters. The first kappa shape index (κ1) is 31.3. The van der Waals surface area contributed by atoms with E-state index in [9.17, 15) is 0 Å². The Balaban J connectivity index is 1.50. The van der Waals surface area contributed by atoms with Crippen molar-refractivity contribution in [3.63, 3.8) is 0 Å².